The van der Waals surface area contributed by atoms with Crippen LogP contribution in [0.5, 0.6) is 0 Å². The van der Waals surface area contributed by atoms with Gasteiger partial charge in [-0.25, -0.2) is 4.79 Å². The molecule has 0 saturated heterocycles. The van der Waals surface area contributed by atoms with Gasteiger partial charge in [0.15, 0.2) is 0 Å². The summed E-state index contributed by atoms with van der Waals surface area (Å²) in [7, 11) is 0. The van der Waals surface area contributed by atoms with Gasteiger partial charge in [-0.05, 0) is 23.8 Å². The summed E-state index contributed by atoms with van der Waals surface area (Å²) < 4.78 is 8.38. The molecule has 2 N–H and O–H groups in total. The number of anilines is 1. The third-order valence-electron chi connectivity index (χ3n) is 3.08. The van der Waals surface area contributed by atoms with Crippen molar-refractivity contribution >= 4 is 46.0 Å². The fourth-order valence-electron chi connectivity index (χ4n) is 2.06. The molecule has 0 aliphatic carbocycles. The molecule has 1 aromatic heterocycles. The molecule has 0 atom stereocenters. The maximum Gasteiger partial charge on any atom is 0.336 e. The molecular formula is C14H10ClN3O2S. The number of nitrogens with zero attached hydrogens (tertiary/aromatic N) is 2. The van der Waals surface area contributed by atoms with E-state index in [4.69, 9.17) is 11.6 Å². The molecule has 3 aromatic rings. The maximum absolute atomic E-state index is 11.2. The molecule has 3 rings (SSSR count). The van der Waals surface area contributed by atoms with Gasteiger partial charge < -0.3 is 10.4 Å². The van der Waals surface area contributed by atoms with E-state index in [0.717, 1.165) is 17.2 Å². The minimum absolute atomic E-state index is 0.268. The monoisotopic (exact) mass is 319 g/mol. The first-order valence-corrected chi connectivity index (χ1v) is 7.23. The van der Waals surface area contributed by atoms with Crippen LogP contribution in [0.25, 0.3) is 11.0 Å². The molecule has 0 spiro atoms. The maximum atomic E-state index is 11.2. The third-order valence-corrected chi connectivity index (χ3v) is 3.94. The van der Waals surface area contributed by atoms with Crippen LogP contribution < -0.4 is 5.32 Å². The lowest BCUT2D eigenvalue weighted by Crippen LogP contribution is -2.07. The summed E-state index contributed by atoms with van der Waals surface area (Å²) in [6, 6.07) is 10.4. The molecule has 0 bridgehead atoms. The topological polar surface area (TPSA) is 75.1 Å². The summed E-state index contributed by atoms with van der Waals surface area (Å²) in [5.41, 5.74) is 3.08. The number of rotatable bonds is 4. The molecule has 2 aromatic carbocycles. The zero-order valence-electron chi connectivity index (χ0n) is 10.7. The molecule has 7 heteroatoms. The predicted molar refractivity (Wildman–Crippen MR) is 83.2 cm³/mol. The van der Waals surface area contributed by atoms with Crippen molar-refractivity contribution in [3.8, 4) is 0 Å². The van der Waals surface area contributed by atoms with Crippen LogP contribution in [0.3, 0.4) is 0 Å². The zero-order chi connectivity index (χ0) is 14.8. The number of carboxylic acid groups (broad SMARTS) is 1. The van der Waals surface area contributed by atoms with E-state index in [2.05, 4.69) is 14.1 Å². The molecular weight excluding hydrogens is 310 g/mol. The average molecular weight is 320 g/mol. The fourth-order valence-corrected chi connectivity index (χ4v) is 2.82. The Bertz CT molecular complexity index is 819. The number of aromatic nitrogens is 2. The minimum atomic E-state index is -0.952. The second kappa shape index (κ2) is 5.67. The predicted octanol–water partition coefficient (Wildman–Crippen LogP) is 3.66. The molecule has 0 unspecified atom stereocenters. The van der Waals surface area contributed by atoms with E-state index in [1.54, 1.807) is 36.4 Å². The van der Waals surface area contributed by atoms with Gasteiger partial charge in [0.1, 0.15) is 11.0 Å². The van der Waals surface area contributed by atoms with Crippen molar-refractivity contribution in [3.05, 3.63) is 52.5 Å². The Morgan fingerprint density at radius 3 is 2.86 bits per heavy atom. The van der Waals surface area contributed by atoms with Crippen LogP contribution in [-0.4, -0.2) is 19.8 Å². The summed E-state index contributed by atoms with van der Waals surface area (Å²) in [5, 5.41) is 12.9. The van der Waals surface area contributed by atoms with Crippen LogP contribution in [0.1, 0.15) is 15.9 Å². The van der Waals surface area contributed by atoms with E-state index in [1.807, 2.05) is 0 Å². The number of benzene rings is 2. The normalized spacial score (nSPS) is 10.7. The SMILES string of the molecule is O=C(O)c1ccccc1CNc1c(Cl)ccc2nsnc12. The van der Waals surface area contributed by atoms with Crippen molar-refractivity contribution in [2.24, 2.45) is 0 Å². The van der Waals surface area contributed by atoms with Gasteiger partial charge in [-0.2, -0.15) is 8.75 Å². The first-order chi connectivity index (χ1) is 10.2. The average Bonchev–Trinajstić information content (AvgIpc) is 2.95. The van der Waals surface area contributed by atoms with Gasteiger partial charge in [-0.3, -0.25) is 0 Å². The number of aromatic carboxylic acids is 1. The number of carboxylic acids is 1. The largest absolute Gasteiger partial charge is 0.478 e. The Hall–Kier alpha value is -2.18. The standard InChI is InChI=1S/C14H10ClN3O2S/c15-10-5-6-11-13(18-21-17-11)12(10)16-7-8-3-1-2-4-9(8)14(19)20/h1-6,16H,7H2,(H,19,20). The van der Waals surface area contributed by atoms with Gasteiger partial charge in [0.25, 0.3) is 0 Å². The van der Waals surface area contributed by atoms with Crippen molar-refractivity contribution < 1.29 is 9.90 Å². The van der Waals surface area contributed by atoms with Crippen LogP contribution in [0, 0.1) is 0 Å². The summed E-state index contributed by atoms with van der Waals surface area (Å²) in [5.74, 6) is -0.952. The highest BCUT2D eigenvalue weighted by Crippen LogP contribution is 2.30. The first kappa shape index (κ1) is 13.8. The fraction of sp³-hybridized carbons (Fsp3) is 0.0714. The Morgan fingerprint density at radius 1 is 1.24 bits per heavy atom. The van der Waals surface area contributed by atoms with Crippen molar-refractivity contribution in [2.45, 2.75) is 6.54 Å². The third kappa shape index (κ3) is 2.68. The highest BCUT2D eigenvalue weighted by Gasteiger charge is 2.12. The minimum Gasteiger partial charge on any atom is -0.478 e. The second-order valence-electron chi connectivity index (χ2n) is 4.37. The Balaban J connectivity index is 1.92. The summed E-state index contributed by atoms with van der Waals surface area (Å²) in [6.07, 6.45) is 0. The number of hydrogen-bond donors (Lipinski definition) is 2. The van der Waals surface area contributed by atoms with Gasteiger partial charge in [-0.15, -0.1) is 0 Å². The number of halogens is 1. The van der Waals surface area contributed by atoms with E-state index in [9.17, 15) is 9.90 Å². The molecule has 5 nitrogen and oxygen atoms in total. The first-order valence-electron chi connectivity index (χ1n) is 6.12. The molecule has 0 amide bonds. The van der Waals surface area contributed by atoms with E-state index in [-0.39, 0.29) is 5.56 Å². The molecule has 106 valence electrons. The highest BCUT2D eigenvalue weighted by atomic mass is 35.5. The number of hydrogen-bond acceptors (Lipinski definition) is 5. The van der Waals surface area contributed by atoms with Crippen LogP contribution >= 0.6 is 23.3 Å². The van der Waals surface area contributed by atoms with Crippen molar-refractivity contribution in [1.29, 1.82) is 0 Å². The summed E-state index contributed by atoms with van der Waals surface area (Å²) >= 11 is 7.30. The van der Waals surface area contributed by atoms with Crippen molar-refractivity contribution in [1.82, 2.24) is 8.75 Å². The molecule has 1 heterocycles. The van der Waals surface area contributed by atoms with Gasteiger partial charge in [0.2, 0.25) is 0 Å². The van der Waals surface area contributed by atoms with Crippen molar-refractivity contribution in [2.75, 3.05) is 5.32 Å². The molecule has 21 heavy (non-hydrogen) atoms. The molecule has 0 fully saturated rings. The summed E-state index contributed by atoms with van der Waals surface area (Å²) in [4.78, 5) is 11.2. The zero-order valence-corrected chi connectivity index (χ0v) is 12.3. The highest BCUT2D eigenvalue weighted by molar-refractivity contribution is 7.00. The lowest BCUT2D eigenvalue weighted by atomic mass is 10.1. The van der Waals surface area contributed by atoms with Gasteiger partial charge in [-0.1, -0.05) is 29.8 Å². The molecule has 0 aliphatic heterocycles. The van der Waals surface area contributed by atoms with Gasteiger partial charge in [0.05, 0.1) is 28.0 Å². The van der Waals surface area contributed by atoms with E-state index in [0.29, 0.717) is 28.3 Å². The van der Waals surface area contributed by atoms with Crippen LogP contribution in [0.2, 0.25) is 5.02 Å². The number of carbonyl (C=O) groups is 1. The number of fused-ring (bicyclic) bond motifs is 1. The Morgan fingerprint density at radius 2 is 2.05 bits per heavy atom. The smallest absolute Gasteiger partial charge is 0.336 e. The summed E-state index contributed by atoms with van der Waals surface area (Å²) in [6.45, 7) is 0.346. The molecule has 0 aliphatic rings. The van der Waals surface area contributed by atoms with E-state index >= 15 is 0 Å². The Labute approximate surface area is 129 Å². The quantitative estimate of drug-likeness (QED) is 0.767. The Kier molecular flexibility index (Phi) is 3.72. The van der Waals surface area contributed by atoms with Gasteiger partial charge >= 0.3 is 5.97 Å². The van der Waals surface area contributed by atoms with Gasteiger partial charge in [0, 0.05) is 6.54 Å². The lowest BCUT2D eigenvalue weighted by molar-refractivity contribution is 0.0696. The van der Waals surface area contributed by atoms with Crippen LogP contribution in [-0.2, 0) is 6.54 Å². The van der Waals surface area contributed by atoms with Crippen LogP contribution in [0.15, 0.2) is 36.4 Å². The van der Waals surface area contributed by atoms with Crippen molar-refractivity contribution in [3.63, 3.8) is 0 Å². The molecule has 0 saturated carbocycles. The van der Waals surface area contributed by atoms with Crippen LogP contribution in [0.4, 0.5) is 5.69 Å². The second-order valence-corrected chi connectivity index (χ2v) is 5.31. The van der Waals surface area contributed by atoms with E-state index in [1.165, 1.54) is 0 Å². The van der Waals surface area contributed by atoms with E-state index < -0.39 is 5.97 Å². The lowest BCUT2D eigenvalue weighted by Gasteiger charge is -2.10. The number of nitrogens with one attached hydrogen (secondary N) is 1. The molecule has 0 radical (unpaired) electrons.